The summed E-state index contributed by atoms with van der Waals surface area (Å²) in [6, 6.07) is 12.0. The predicted molar refractivity (Wildman–Crippen MR) is 160 cm³/mol. The number of hydrogen-bond acceptors (Lipinski definition) is 7. The number of carbonyl (C=O) groups is 2. The van der Waals surface area contributed by atoms with E-state index in [1.54, 1.807) is 68.1 Å². The van der Waals surface area contributed by atoms with Crippen molar-refractivity contribution in [2.45, 2.75) is 63.2 Å². The third kappa shape index (κ3) is 5.03. The van der Waals surface area contributed by atoms with Gasteiger partial charge in [0.15, 0.2) is 0 Å². The summed E-state index contributed by atoms with van der Waals surface area (Å²) in [7, 11) is 3.35. The van der Waals surface area contributed by atoms with Crippen LogP contribution in [-0.4, -0.2) is 51.9 Å². The molecule has 1 aromatic heterocycles. The number of nitroso groups, excluding NO2 is 1. The number of methoxy groups -OCH3 is 1. The van der Waals surface area contributed by atoms with Gasteiger partial charge in [-0.3, -0.25) is 14.3 Å². The second-order valence-electron chi connectivity index (χ2n) is 10.7. The van der Waals surface area contributed by atoms with Crippen LogP contribution in [0.2, 0.25) is 5.02 Å². The molecule has 3 unspecified atom stereocenters. The molecular formula is C30H36ClN3O5S. The minimum absolute atomic E-state index is 0.184. The number of benzene rings is 2. The van der Waals surface area contributed by atoms with Crippen LogP contribution in [-0.2, 0) is 10.3 Å². The molecule has 4 rings (SSSR count). The Morgan fingerprint density at radius 2 is 1.95 bits per heavy atom. The molecule has 0 amide bonds. The lowest BCUT2D eigenvalue weighted by molar-refractivity contribution is -0.152. The van der Waals surface area contributed by atoms with Gasteiger partial charge in [-0.05, 0) is 81.6 Å². The molecule has 0 radical (unpaired) electrons. The minimum Gasteiger partial charge on any atom is -0.497 e. The van der Waals surface area contributed by atoms with Crippen molar-refractivity contribution >= 4 is 46.3 Å². The average Bonchev–Trinajstić information content (AvgIpc) is 3.22. The van der Waals surface area contributed by atoms with Crippen LogP contribution >= 0.6 is 23.5 Å². The summed E-state index contributed by atoms with van der Waals surface area (Å²) in [5.74, 6) is -0.569. The van der Waals surface area contributed by atoms with E-state index in [2.05, 4.69) is 11.5 Å². The van der Waals surface area contributed by atoms with Crippen LogP contribution in [0.3, 0.4) is 0 Å². The number of aromatic nitrogens is 1. The van der Waals surface area contributed by atoms with E-state index in [0.717, 1.165) is 37.6 Å². The number of aliphatic carboxylic acids is 1. The lowest BCUT2D eigenvalue weighted by Crippen LogP contribution is -2.56. The van der Waals surface area contributed by atoms with E-state index in [4.69, 9.17) is 16.3 Å². The lowest BCUT2D eigenvalue weighted by atomic mass is 9.77. The summed E-state index contributed by atoms with van der Waals surface area (Å²) in [5.41, 5.74) is 0.592. The van der Waals surface area contributed by atoms with E-state index in [0.29, 0.717) is 45.0 Å². The SMILES string of the molecule is CCC(C(=O)O)(c1c(C)n(C(=O)c2ccc(Cl)cc2)c2ccc(OC)cc12)N(C)CC1(SN=O)CCCCC1C. The Morgan fingerprint density at radius 3 is 2.52 bits per heavy atom. The molecule has 1 fully saturated rings. The number of halogens is 1. The van der Waals surface area contributed by atoms with Crippen molar-refractivity contribution in [1.82, 2.24) is 9.47 Å². The molecule has 1 aliphatic carbocycles. The van der Waals surface area contributed by atoms with Crippen molar-refractivity contribution in [2.75, 3.05) is 20.7 Å². The third-order valence-electron chi connectivity index (χ3n) is 8.75. The van der Waals surface area contributed by atoms with E-state index in [1.807, 2.05) is 11.8 Å². The summed E-state index contributed by atoms with van der Waals surface area (Å²) in [6.45, 7) is 6.10. The highest BCUT2D eigenvalue weighted by molar-refractivity contribution is 7.99. The maximum atomic E-state index is 13.9. The van der Waals surface area contributed by atoms with Crippen molar-refractivity contribution in [1.29, 1.82) is 0 Å². The van der Waals surface area contributed by atoms with Crippen LogP contribution in [0.25, 0.3) is 10.9 Å². The number of carbonyl (C=O) groups excluding carboxylic acids is 1. The summed E-state index contributed by atoms with van der Waals surface area (Å²) < 4.78 is 9.82. The summed E-state index contributed by atoms with van der Waals surface area (Å²) in [4.78, 5) is 40.8. The highest BCUT2D eigenvalue weighted by Gasteiger charge is 2.51. The van der Waals surface area contributed by atoms with Gasteiger partial charge < -0.3 is 9.84 Å². The molecule has 1 aliphatic rings. The molecule has 0 bridgehead atoms. The minimum atomic E-state index is -1.49. The van der Waals surface area contributed by atoms with Crippen LogP contribution in [0.5, 0.6) is 5.75 Å². The Bertz CT molecular complexity index is 1420. The first-order chi connectivity index (χ1) is 19.1. The number of rotatable bonds is 10. The molecular weight excluding hydrogens is 550 g/mol. The molecule has 3 atom stereocenters. The Hall–Kier alpha value is -2.88. The highest BCUT2D eigenvalue weighted by atomic mass is 35.5. The highest BCUT2D eigenvalue weighted by Crippen LogP contribution is 2.48. The van der Waals surface area contributed by atoms with Gasteiger partial charge in [0.2, 0.25) is 0 Å². The average molecular weight is 586 g/mol. The Kier molecular flexibility index (Phi) is 8.97. The van der Waals surface area contributed by atoms with E-state index in [9.17, 15) is 19.6 Å². The van der Waals surface area contributed by atoms with Crippen molar-refractivity contribution in [3.05, 3.63) is 69.2 Å². The Balaban J connectivity index is 1.96. The van der Waals surface area contributed by atoms with Crippen molar-refractivity contribution in [3.8, 4) is 5.75 Å². The fourth-order valence-electron chi connectivity index (χ4n) is 6.48. The number of carboxylic acid groups (broad SMARTS) is 1. The topological polar surface area (TPSA) is 101 Å². The monoisotopic (exact) mass is 585 g/mol. The quantitative estimate of drug-likeness (QED) is 0.197. The van der Waals surface area contributed by atoms with Gasteiger partial charge in [0.05, 0.1) is 17.4 Å². The second kappa shape index (κ2) is 11.9. The smallest absolute Gasteiger partial charge is 0.328 e. The van der Waals surface area contributed by atoms with Crippen LogP contribution in [0.4, 0.5) is 0 Å². The fraction of sp³-hybridized carbons (Fsp3) is 0.467. The number of hydrogen-bond donors (Lipinski definition) is 1. The van der Waals surface area contributed by atoms with Gasteiger partial charge in [-0.15, -0.1) is 4.91 Å². The predicted octanol–water partition coefficient (Wildman–Crippen LogP) is 7.29. The lowest BCUT2D eigenvalue weighted by Gasteiger charge is -2.47. The summed E-state index contributed by atoms with van der Waals surface area (Å²) in [5, 5.41) is 12.1. The van der Waals surface area contributed by atoms with Gasteiger partial charge in [0, 0.05) is 50.3 Å². The number of nitrogens with zero attached hydrogens (tertiary/aromatic N) is 3. The van der Waals surface area contributed by atoms with Crippen LogP contribution in [0.15, 0.2) is 47.0 Å². The molecule has 214 valence electrons. The fourth-order valence-corrected chi connectivity index (χ4v) is 7.54. The van der Waals surface area contributed by atoms with E-state index in [1.165, 1.54) is 0 Å². The zero-order valence-corrected chi connectivity index (χ0v) is 25.1. The van der Waals surface area contributed by atoms with Gasteiger partial charge >= 0.3 is 5.97 Å². The largest absolute Gasteiger partial charge is 0.497 e. The standard InChI is InChI=1S/C30H36ClN3O5S/c1-6-30(28(36)37,33(4)18-29(40-32-38)16-8-7-9-19(29)2)26-20(3)34(25-15-14-23(39-5)17-24(25)26)27(35)21-10-12-22(31)13-11-21/h10-15,17,19H,6-9,16,18H2,1-5H3,(H,36,37). The molecule has 3 aromatic rings. The molecule has 1 N–H and O–H groups in total. The third-order valence-corrected chi connectivity index (χ3v) is 10.2. The molecule has 2 aromatic carbocycles. The van der Waals surface area contributed by atoms with Gasteiger partial charge in [-0.1, -0.05) is 38.3 Å². The van der Waals surface area contributed by atoms with Gasteiger partial charge in [0.25, 0.3) is 5.91 Å². The molecule has 0 aliphatic heterocycles. The van der Waals surface area contributed by atoms with Crippen molar-refractivity contribution in [2.24, 2.45) is 10.5 Å². The number of likely N-dealkylation sites (N-methyl/N-ethyl adjacent to an activating group) is 1. The van der Waals surface area contributed by atoms with Crippen LogP contribution in [0.1, 0.15) is 67.6 Å². The molecule has 1 saturated carbocycles. The van der Waals surface area contributed by atoms with E-state index < -0.39 is 16.3 Å². The first-order valence-corrected chi connectivity index (χ1v) is 14.7. The number of ether oxygens (including phenoxy) is 1. The summed E-state index contributed by atoms with van der Waals surface area (Å²) in [6.07, 6.45) is 3.99. The van der Waals surface area contributed by atoms with E-state index >= 15 is 0 Å². The van der Waals surface area contributed by atoms with E-state index in [-0.39, 0.29) is 18.2 Å². The second-order valence-corrected chi connectivity index (χ2v) is 12.3. The first-order valence-electron chi connectivity index (χ1n) is 13.5. The number of carboxylic acids is 1. The van der Waals surface area contributed by atoms with Gasteiger partial charge in [-0.2, -0.15) is 0 Å². The Morgan fingerprint density at radius 1 is 1.25 bits per heavy atom. The van der Waals surface area contributed by atoms with Crippen LogP contribution < -0.4 is 4.74 Å². The molecule has 40 heavy (non-hydrogen) atoms. The maximum Gasteiger partial charge on any atom is 0.328 e. The van der Waals surface area contributed by atoms with Crippen LogP contribution in [0, 0.1) is 17.7 Å². The normalized spacial score (nSPS) is 20.8. The number of fused-ring (bicyclic) bond motifs is 1. The molecule has 8 nitrogen and oxygen atoms in total. The zero-order valence-electron chi connectivity index (χ0n) is 23.6. The van der Waals surface area contributed by atoms with Crippen molar-refractivity contribution < 1.29 is 19.4 Å². The van der Waals surface area contributed by atoms with Gasteiger partial charge in [0.1, 0.15) is 11.3 Å². The summed E-state index contributed by atoms with van der Waals surface area (Å²) >= 11 is 7.10. The zero-order chi connectivity index (χ0) is 29.2. The molecule has 0 spiro atoms. The maximum absolute atomic E-state index is 13.9. The van der Waals surface area contributed by atoms with Gasteiger partial charge in [-0.25, -0.2) is 4.79 Å². The molecule has 1 heterocycles. The molecule has 10 heteroatoms. The first kappa shape index (κ1) is 30.1. The van der Waals surface area contributed by atoms with Crippen molar-refractivity contribution in [3.63, 3.8) is 0 Å². The molecule has 0 saturated heterocycles. The Labute approximate surface area is 244 Å².